The van der Waals surface area contributed by atoms with E-state index in [4.69, 9.17) is 4.74 Å². The molecule has 5 nitrogen and oxygen atoms in total. The molecule has 0 spiro atoms. The zero-order chi connectivity index (χ0) is 25.3. The number of amides is 1. The Morgan fingerprint density at radius 1 is 1.12 bits per heavy atom. The predicted molar refractivity (Wildman–Crippen MR) is 121 cm³/mol. The number of benzene rings is 1. The summed E-state index contributed by atoms with van der Waals surface area (Å²) in [4.78, 5) is 20.8. The van der Waals surface area contributed by atoms with Crippen molar-refractivity contribution in [2.45, 2.75) is 70.9 Å². The van der Waals surface area contributed by atoms with Crippen LogP contribution in [-0.4, -0.2) is 51.7 Å². The third-order valence-corrected chi connectivity index (χ3v) is 5.89. The van der Waals surface area contributed by atoms with Crippen molar-refractivity contribution in [2.75, 3.05) is 13.1 Å². The molecule has 9 heteroatoms. The van der Waals surface area contributed by atoms with Crippen LogP contribution in [0.25, 0.3) is 0 Å². The van der Waals surface area contributed by atoms with Gasteiger partial charge in [0.15, 0.2) is 0 Å². The average molecular weight is 482 g/mol. The van der Waals surface area contributed by atoms with Crippen LogP contribution < -0.4 is 0 Å². The molecule has 0 bridgehead atoms. The summed E-state index contributed by atoms with van der Waals surface area (Å²) in [6.45, 7) is 10.2. The fraction of sp³-hybridized carbons (Fsp3) is 0.520. The number of nitrogens with zero attached hydrogens (tertiary/aromatic N) is 3. The Labute approximate surface area is 197 Å². The average Bonchev–Trinajstić information content (AvgIpc) is 2.74. The molecule has 2 heterocycles. The fourth-order valence-electron chi connectivity index (χ4n) is 4.23. The molecule has 186 valence electrons. The number of hydrogen-bond donors (Lipinski definition) is 0. The van der Waals surface area contributed by atoms with Gasteiger partial charge in [0.1, 0.15) is 11.4 Å². The molecular weight excluding hydrogens is 450 g/mol. The van der Waals surface area contributed by atoms with Crippen LogP contribution in [0.5, 0.6) is 0 Å². The molecule has 0 saturated carbocycles. The highest BCUT2D eigenvalue weighted by atomic mass is 19.4. The van der Waals surface area contributed by atoms with Gasteiger partial charge >= 0.3 is 12.3 Å². The lowest BCUT2D eigenvalue weighted by molar-refractivity contribution is -0.137. The van der Waals surface area contributed by atoms with E-state index in [-0.39, 0.29) is 12.1 Å². The lowest BCUT2D eigenvalue weighted by Gasteiger charge is -2.48. The summed E-state index contributed by atoms with van der Waals surface area (Å²) in [5.74, 6) is -0.405. The molecular formula is C25H31F4N3O2. The van der Waals surface area contributed by atoms with E-state index in [1.807, 2.05) is 34.6 Å². The maximum absolute atomic E-state index is 13.6. The maximum Gasteiger partial charge on any atom is 0.417 e. The van der Waals surface area contributed by atoms with E-state index in [9.17, 15) is 22.4 Å². The van der Waals surface area contributed by atoms with E-state index < -0.39 is 35.3 Å². The molecule has 1 aliphatic heterocycles. The fourth-order valence-corrected chi connectivity index (χ4v) is 4.23. The summed E-state index contributed by atoms with van der Waals surface area (Å²) in [5.41, 5.74) is -0.318. The maximum atomic E-state index is 13.6. The molecule has 1 unspecified atom stereocenters. The molecule has 2 aromatic rings. The molecule has 3 atom stereocenters. The van der Waals surface area contributed by atoms with Crippen LogP contribution in [0.2, 0.25) is 0 Å². The summed E-state index contributed by atoms with van der Waals surface area (Å²) >= 11 is 0. The quantitative estimate of drug-likeness (QED) is 0.499. The van der Waals surface area contributed by atoms with E-state index >= 15 is 0 Å². The smallest absolute Gasteiger partial charge is 0.417 e. The van der Waals surface area contributed by atoms with E-state index in [1.165, 1.54) is 18.2 Å². The minimum absolute atomic E-state index is 0.108. The minimum Gasteiger partial charge on any atom is -0.444 e. The van der Waals surface area contributed by atoms with Crippen LogP contribution in [0.1, 0.15) is 63.9 Å². The van der Waals surface area contributed by atoms with Gasteiger partial charge in [0.2, 0.25) is 0 Å². The SMILES string of the molecule is CC[C@@H]1CN(C(=O)OC(C)(C)C)[C@@H](C)CN1C(c1ccc(F)cc1)c1ccc(C(F)(F)F)cn1. The van der Waals surface area contributed by atoms with Gasteiger partial charge in [-0.25, -0.2) is 9.18 Å². The van der Waals surface area contributed by atoms with Gasteiger partial charge < -0.3 is 9.64 Å². The van der Waals surface area contributed by atoms with E-state index in [0.717, 1.165) is 12.3 Å². The number of piperazine rings is 1. The Balaban J connectivity index is 1.97. The van der Waals surface area contributed by atoms with Crippen molar-refractivity contribution in [3.63, 3.8) is 0 Å². The second kappa shape index (κ2) is 9.90. The van der Waals surface area contributed by atoms with Gasteiger partial charge in [0, 0.05) is 31.4 Å². The van der Waals surface area contributed by atoms with Crippen LogP contribution in [0.4, 0.5) is 22.4 Å². The monoisotopic (exact) mass is 481 g/mol. The molecule has 0 aliphatic carbocycles. The molecule has 1 aliphatic rings. The number of carbonyl (C=O) groups is 1. The number of pyridine rings is 1. The van der Waals surface area contributed by atoms with Crippen molar-refractivity contribution in [3.05, 3.63) is 65.2 Å². The Kier molecular flexibility index (Phi) is 7.55. The van der Waals surface area contributed by atoms with Gasteiger partial charge in [0.05, 0.1) is 17.3 Å². The number of alkyl halides is 3. The molecule has 1 aromatic carbocycles. The standard InChI is InChI=1S/C25H31F4N3O2/c1-6-20-15-31(23(33)34-24(3,4)5)16(2)14-32(20)22(17-7-10-19(26)11-8-17)21-12-9-18(13-30-21)25(27,28)29/h7-13,16,20,22H,6,14-15H2,1-5H3/t16-,20+,22?/m0/s1. The van der Waals surface area contributed by atoms with Crippen LogP contribution in [0.15, 0.2) is 42.6 Å². The third-order valence-electron chi connectivity index (χ3n) is 5.89. The Morgan fingerprint density at radius 2 is 1.76 bits per heavy atom. The molecule has 1 fully saturated rings. The summed E-state index contributed by atoms with van der Waals surface area (Å²) in [5, 5.41) is 0. The summed E-state index contributed by atoms with van der Waals surface area (Å²) < 4.78 is 58.5. The lowest BCUT2D eigenvalue weighted by atomic mass is 9.95. The molecule has 0 N–H and O–H groups in total. The van der Waals surface area contributed by atoms with Crippen molar-refractivity contribution in [3.8, 4) is 0 Å². The summed E-state index contributed by atoms with van der Waals surface area (Å²) in [6, 6.07) is 7.46. The van der Waals surface area contributed by atoms with Gasteiger partial charge in [-0.05, 0) is 63.9 Å². The molecule has 34 heavy (non-hydrogen) atoms. The summed E-state index contributed by atoms with van der Waals surface area (Å²) in [6.07, 6.45) is -3.38. The number of carbonyl (C=O) groups excluding carboxylic acids is 1. The van der Waals surface area contributed by atoms with Gasteiger partial charge in [-0.15, -0.1) is 0 Å². The number of rotatable bonds is 4. The van der Waals surface area contributed by atoms with Gasteiger partial charge in [0.25, 0.3) is 0 Å². The van der Waals surface area contributed by atoms with Crippen LogP contribution in [0, 0.1) is 5.82 Å². The Hall–Kier alpha value is -2.68. The molecule has 1 aromatic heterocycles. The Morgan fingerprint density at radius 3 is 2.26 bits per heavy atom. The van der Waals surface area contributed by atoms with Crippen molar-refractivity contribution in [1.29, 1.82) is 0 Å². The van der Waals surface area contributed by atoms with E-state index in [1.54, 1.807) is 17.0 Å². The third kappa shape index (κ3) is 6.05. The number of aromatic nitrogens is 1. The topological polar surface area (TPSA) is 45.7 Å². The number of ether oxygens (including phenoxy) is 1. The minimum atomic E-state index is -4.49. The van der Waals surface area contributed by atoms with Crippen molar-refractivity contribution in [1.82, 2.24) is 14.8 Å². The first-order valence-electron chi connectivity index (χ1n) is 11.3. The van der Waals surface area contributed by atoms with Crippen LogP contribution >= 0.6 is 0 Å². The number of halogens is 4. The zero-order valence-electron chi connectivity index (χ0n) is 20.1. The van der Waals surface area contributed by atoms with Gasteiger partial charge in [-0.1, -0.05) is 19.1 Å². The van der Waals surface area contributed by atoms with E-state index in [0.29, 0.717) is 30.8 Å². The molecule has 1 saturated heterocycles. The first-order valence-corrected chi connectivity index (χ1v) is 11.3. The largest absolute Gasteiger partial charge is 0.444 e. The highest BCUT2D eigenvalue weighted by Crippen LogP contribution is 2.35. The van der Waals surface area contributed by atoms with Crippen molar-refractivity contribution >= 4 is 6.09 Å². The predicted octanol–water partition coefficient (Wildman–Crippen LogP) is 6.05. The first-order chi connectivity index (χ1) is 15.8. The second-order valence-corrected chi connectivity index (χ2v) is 9.66. The molecule has 0 radical (unpaired) electrons. The zero-order valence-corrected chi connectivity index (χ0v) is 20.1. The number of hydrogen-bond acceptors (Lipinski definition) is 4. The highest BCUT2D eigenvalue weighted by molar-refractivity contribution is 5.68. The van der Waals surface area contributed by atoms with Crippen LogP contribution in [0.3, 0.4) is 0 Å². The second-order valence-electron chi connectivity index (χ2n) is 9.66. The molecule has 1 amide bonds. The van der Waals surface area contributed by atoms with Gasteiger partial charge in [-0.3, -0.25) is 9.88 Å². The van der Waals surface area contributed by atoms with Crippen molar-refractivity contribution in [2.24, 2.45) is 0 Å². The van der Waals surface area contributed by atoms with Gasteiger partial charge in [-0.2, -0.15) is 13.2 Å². The molecule has 3 rings (SSSR count). The lowest BCUT2D eigenvalue weighted by Crippen LogP contribution is -2.60. The Bertz CT molecular complexity index is 972. The van der Waals surface area contributed by atoms with Crippen LogP contribution in [-0.2, 0) is 10.9 Å². The van der Waals surface area contributed by atoms with Crippen molar-refractivity contribution < 1.29 is 27.1 Å². The highest BCUT2D eigenvalue weighted by Gasteiger charge is 2.40. The van der Waals surface area contributed by atoms with E-state index in [2.05, 4.69) is 9.88 Å². The first kappa shape index (κ1) is 25.9. The summed E-state index contributed by atoms with van der Waals surface area (Å²) in [7, 11) is 0. The normalized spacial score (nSPS) is 20.8.